The van der Waals surface area contributed by atoms with E-state index in [9.17, 15) is 24.9 Å². The predicted molar refractivity (Wildman–Crippen MR) is 107 cm³/mol. The summed E-state index contributed by atoms with van der Waals surface area (Å²) in [5, 5.41) is 47.8. The van der Waals surface area contributed by atoms with E-state index in [1.165, 1.54) is 23.8 Å². The van der Waals surface area contributed by atoms with Crippen molar-refractivity contribution in [3.63, 3.8) is 0 Å². The van der Waals surface area contributed by atoms with Gasteiger partial charge in [0.1, 0.15) is 11.5 Å². The first-order chi connectivity index (χ1) is 13.7. The molecule has 0 aliphatic heterocycles. The molecular weight excluding hydrogens is 378 g/mol. The van der Waals surface area contributed by atoms with Crippen LogP contribution in [0.1, 0.15) is 24.2 Å². The smallest absolute Gasteiger partial charge is 0.328 e. The second-order valence-corrected chi connectivity index (χ2v) is 6.31. The Kier molecular flexibility index (Phi) is 9.94. The molecule has 156 valence electrons. The van der Waals surface area contributed by atoms with Gasteiger partial charge in [0.05, 0.1) is 6.10 Å². The number of nitrogens with one attached hydrogen (secondary N) is 1. The number of rotatable bonds is 8. The van der Waals surface area contributed by atoms with Gasteiger partial charge >= 0.3 is 11.9 Å². The number of aliphatic carboxylic acids is 2. The number of carboxylic acids is 2. The molecule has 8 nitrogen and oxygen atoms in total. The van der Waals surface area contributed by atoms with Crippen LogP contribution < -0.4 is 5.32 Å². The van der Waals surface area contributed by atoms with E-state index in [0.29, 0.717) is 24.3 Å². The number of carbonyl (C=O) groups is 2. The zero-order valence-electron chi connectivity index (χ0n) is 15.9. The van der Waals surface area contributed by atoms with Crippen LogP contribution in [0.2, 0.25) is 0 Å². The minimum Gasteiger partial charge on any atom is -0.508 e. The number of aliphatic hydroxyl groups excluding tert-OH is 1. The second-order valence-electron chi connectivity index (χ2n) is 6.31. The van der Waals surface area contributed by atoms with Crippen LogP contribution in [-0.2, 0) is 16.0 Å². The zero-order valence-corrected chi connectivity index (χ0v) is 15.9. The summed E-state index contributed by atoms with van der Waals surface area (Å²) in [6.07, 6.45) is 1.21. The molecule has 0 unspecified atom stereocenters. The Morgan fingerprint density at radius 1 is 0.966 bits per heavy atom. The van der Waals surface area contributed by atoms with Crippen molar-refractivity contribution in [3.05, 3.63) is 71.8 Å². The fourth-order valence-corrected chi connectivity index (χ4v) is 2.42. The van der Waals surface area contributed by atoms with Crippen molar-refractivity contribution in [1.29, 1.82) is 0 Å². The minimum absolute atomic E-state index is 0.0543. The number of hydrogen-bond acceptors (Lipinski definition) is 6. The van der Waals surface area contributed by atoms with E-state index in [4.69, 9.17) is 10.2 Å². The molecule has 2 aromatic carbocycles. The summed E-state index contributed by atoms with van der Waals surface area (Å²) in [6, 6.07) is 14.5. The maximum absolute atomic E-state index is 10.1. The van der Waals surface area contributed by atoms with Crippen molar-refractivity contribution < 1.29 is 35.1 Å². The first-order valence-corrected chi connectivity index (χ1v) is 8.79. The van der Waals surface area contributed by atoms with Gasteiger partial charge in [0, 0.05) is 30.8 Å². The van der Waals surface area contributed by atoms with Crippen LogP contribution >= 0.6 is 0 Å². The highest BCUT2D eigenvalue weighted by molar-refractivity contribution is 5.89. The molecule has 0 amide bonds. The molecule has 0 radical (unpaired) electrons. The summed E-state index contributed by atoms with van der Waals surface area (Å²) in [7, 11) is 0. The summed E-state index contributed by atoms with van der Waals surface area (Å²) < 4.78 is 0. The maximum Gasteiger partial charge on any atom is 0.328 e. The highest BCUT2D eigenvalue weighted by Gasteiger charge is 2.11. The van der Waals surface area contributed by atoms with Crippen LogP contribution in [0.25, 0.3) is 0 Å². The molecule has 2 rings (SSSR count). The average Bonchev–Trinajstić information content (AvgIpc) is 2.65. The SMILES string of the molecule is C[C@@H](Cc1ccccc1)NC[C@H](O)c1cc(O)cc(O)c1.O=C(O)C=CC(=O)O. The molecule has 0 fully saturated rings. The topological polar surface area (TPSA) is 147 Å². The standard InChI is InChI=1S/C17H21NO3.C4H4O4/c1-12(7-13-5-3-2-4-6-13)18-11-17(21)14-8-15(19)10-16(20)9-14;5-3(6)1-2-4(7)8/h2-6,8-10,12,17-21H,7,11H2,1H3;1-2H,(H,5,6)(H,7,8)/t12-,17-;/m0./s1. The lowest BCUT2D eigenvalue weighted by Crippen LogP contribution is -2.32. The van der Waals surface area contributed by atoms with Gasteiger partial charge in [-0.1, -0.05) is 30.3 Å². The Morgan fingerprint density at radius 2 is 1.48 bits per heavy atom. The number of benzene rings is 2. The summed E-state index contributed by atoms with van der Waals surface area (Å²) in [5.41, 5.74) is 1.73. The van der Waals surface area contributed by atoms with Crippen LogP contribution in [0.4, 0.5) is 0 Å². The van der Waals surface area contributed by atoms with E-state index in [2.05, 4.69) is 24.4 Å². The van der Waals surface area contributed by atoms with Crippen molar-refractivity contribution in [2.45, 2.75) is 25.5 Å². The van der Waals surface area contributed by atoms with Crippen molar-refractivity contribution in [2.75, 3.05) is 6.54 Å². The van der Waals surface area contributed by atoms with E-state index in [1.807, 2.05) is 18.2 Å². The monoisotopic (exact) mass is 403 g/mol. The molecule has 0 heterocycles. The third kappa shape index (κ3) is 10.5. The molecule has 0 aliphatic carbocycles. The van der Waals surface area contributed by atoms with Gasteiger partial charge in [0.15, 0.2) is 0 Å². The van der Waals surface area contributed by atoms with E-state index < -0.39 is 18.0 Å². The number of phenols is 2. The Labute approximate surface area is 168 Å². The first-order valence-electron chi connectivity index (χ1n) is 8.79. The van der Waals surface area contributed by atoms with Crippen LogP contribution in [0.15, 0.2) is 60.7 Å². The van der Waals surface area contributed by atoms with Gasteiger partial charge in [-0.3, -0.25) is 0 Å². The van der Waals surface area contributed by atoms with Crippen LogP contribution in [-0.4, -0.2) is 50.1 Å². The molecule has 6 N–H and O–H groups in total. The third-order valence-corrected chi connectivity index (χ3v) is 3.72. The fraction of sp³-hybridized carbons (Fsp3) is 0.238. The van der Waals surface area contributed by atoms with Gasteiger partial charge in [-0.25, -0.2) is 9.59 Å². The van der Waals surface area contributed by atoms with E-state index in [1.54, 1.807) is 0 Å². The number of hydrogen-bond donors (Lipinski definition) is 6. The molecule has 0 saturated carbocycles. The molecule has 8 heteroatoms. The molecular formula is C21H25NO7. The Balaban J connectivity index is 0.000000447. The first kappa shape index (κ1) is 23.7. The number of aromatic hydroxyl groups is 2. The number of phenolic OH excluding ortho intramolecular Hbond substituents is 2. The van der Waals surface area contributed by atoms with Gasteiger partial charge in [-0.05, 0) is 36.6 Å². The number of aliphatic hydroxyl groups is 1. The summed E-state index contributed by atoms with van der Waals surface area (Å²) in [4.78, 5) is 19.1. The largest absolute Gasteiger partial charge is 0.508 e. The summed E-state index contributed by atoms with van der Waals surface area (Å²) in [6.45, 7) is 2.41. The highest BCUT2D eigenvalue weighted by atomic mass is 16.4. The Morgan fingerprint density at radius 3 is 1.97 bits per heavy atom. The van der Waals surface area contributed by atoms with Gasteiger partial charge < -0.3 is 30.8 Å². The van der Waals surface area contributed by atoms with Gasteiger partial charge in [-0.15, -0.1) is 0 Å². The van der Waals surface area contributed by atoms with Crippen molar-refractivity contribution >= 4 is 11.9 Å². The molecule has 0 bridgehead atoms. The van der Waals surface area contributed by atoms with E-state index in [-0.39, 0.29) is 17.5 Å². The second kappa shape index (κ2) is 12.2. The average molecular weight is 403 g/mol. The maximum atomic E-state index is 10.1. The molecule has 0 spiro atoms. The lowest BCUT2D eigenvalue weighted by molar-refractivity contribution is -0.134. The van der Waals surface area contributed by atoms with Crippen LogP contribution in [0.3, 0.4) is 0 Å². The molecule has 0 aliphatic rings. The molecule has 29 heavy (non-hydrogen) atoms. The van der Waals surface area contributed by atoms with Gasteiger partial charge in [0.25, 0.3) is 0 Å². The molecule has 0 saturated heterocycles. The Bertz CT molecular complexity index is 785. The summed E-state index contributed by atoms with van der Waals surface area (Å²) in [5.74, 6) is -2.62. The van der Waals surface area contributed by atoms with Crippen molar-refractivity contribution in [3.8, 4) is 11.5 Å². The molecule has 0 aromatic heterocycles. The van der Waals surface area contributed by atoms with E-state index >= 15 is 0 Å². The van der Waals surface area contributed by atoms with Crippen molar-refractivity contribution in [2.24, 2.45) is 0 Å². The Hall–Kier alpha value is -3.36. The predicted octanol–water partition coefficient (Wildman–Crippen LogP) is 2.06. The van der Waals surface area contributed by atoms with Gasteiger partial charge in [-0.2, -0.15) is 0 Å². The summed E-state index contributed by atoms with van der Waals surface area (Å²) >= 11 is 0. The third-order valence-electron chi connectivity index (χ3n) is 3.72. The van der Waals surface area contributed by atoms with Crippen LogP contribution in [0.5, 0.6) is 11.5 Å². The van der Waals surface area contributed by atoms with Crippen molar-refractivity contribution in [1.82, 2.24) is 5.32 Å². The zero-order chi connectivity index (χ0) is 21.8. The number of carboxylic acid groups (broad SMARTS) is 2. The normalized spacial score (nSPS) is 12.6. The molecule has 2 atom stereocenters. The highest BCUT2D eigenvalue weighted by Crippen LogP contribution is 2.24. The lowest BCUT2D eigenvalue weighted by atomic mass is 10.1. The molecule has 2 aromatic rings. The minimum atomic E-state index is -1.26. The van der Waals surface area contributed by atoms with E-state index in [0.717, 1.165) is 6.42 Å². The fourth-order valence-electron chi connectivity index (χ4n) is 2.42. The quantitative estimate of drug-likeness (QED) is 0.367. The van der Waals surface area contributed by atoms with Crippen LogP contribution in [0, 0.1) is 0 Å². The van der Waals surface area contributed by atoms with Gasteiger partial charge in [0.2, 0.25) is 0 Å². The lowest BCUT2D eigenvalue weighted by Gasteiger charge is -2.18.